The summed E-state index contributed by atoms with van der Waals surface area (Å²) in [5, 5.41) is -0.765. The van der Waals surface area contributed by atoms with Gasteiger partial charge in [-0.05, 0) is 49.9 Å². The topological polar surface area (TPSA) is 51.2 Å². The van der Waals surface area contributed by atoms with E-state index in [9.17, 15) is 14.2 Å². The number of Topliss-reactive ketones (excluding diaryl/α,β-unsaturated/α-hetero) is 1. The molecule has 1 saturated carbocycles. The van der Waals surface area contributed by atoms with Gasteiger partial charge < -0.3 is 0 Å². The lowest BCUT2D eigenvalue weighted by Gasteiger charge is -2.18. The summed E-state index contributed by atoms with van der Waals surface area (Å²) in [6.45, 7) is 3.61. The van der Waals surface area contributed by atoms with E-state index >= 15 is 0 Å². The van der Waals surface area contributed by atoms with Gasteiger partial charge in [0.15, 0.2) is 0 Å². The van der Waals surface area contributed by atoms with Crippen LogP contribution in [0, 0.1) is 13.8 Å². The first-order chi connectivity index (χ1) is 13.2. The maximum Gasteiger partial charge on any atom is 0.434 e. The number of rotatable bonds is 5. The molecule has 1 aliphatic carbocycles. The molecule has 1 aliphatic rings. The van der Waals surface area contributed by atoms with Crippen LogP contribution in [0.4, 0.5) is 0 Å². The molecule has 7 heteroatoms. The van der Waals surface area contributed by atoms with Gasteiger partial charge in [-0.1, -0.05) is 57.6 Å². The number of hydrogen-bond donors (Lipinski definition) is 0. The summed E-state index contributed by atoms with van der Waals surface area (Å²) < 4.78 is 13.5. The molecule has 3 nitrogen and oxygen atoms in total. The molecule has 0 saturated heterocycles. The number of carbonyl (C=O) groups is 2. The van der Waals surface area contributed by atoms with Crippen molar-refractivity contribution in [3.8, 4) is 0 Å². The summed E-state index contributed by atoms with van der Waals surface area (Å²) in [4.78, 5) is 26.7. The highest BCUT2D eigenvalue weighted by molar-refractivity contribution is 7.67. The zero-order chi connectivity index (χ0) is 20.6. The van der Waals surface area contributed by atoms with E-state index in [-0.39, 0.29) is 15.6 Å². The summed E-state index contributed by atoms with van der Waals surface area (Å²) >= 11 is 18.5. The quantitative estimate of drug-likeness (QED) is 0.347. The van der Waals surface area contributed by atoms with E-state index in [0.29, 0.717) is 23.4 Å². The van der Waals surface area contributed by atoms with Crippen molar-refractivity contribution >= 4 is 53.9 Å². The van der Waals surface area contributed by atoms with Gasteiger partial charge in [-0.2, -0.15) is 0 Å². The minimum absolute atomic E-state index is 0.0901. The first kappa shape index (κ1) is 21.5. The normalized spacial score (nSPS) is 16.1. The van der Waals surface area contributed by atoms with E-state index in [0.717, 1.165) is 24.0 Å². The third kappa shape index (κ3) is 3.66. The largest absolute Gasteiger partial charge is 0.434 e. The van der Waals surface area contributed by atoms with Gasteiger partial charge >= 0.3 is 13.3 Å². The summed E-state index contributed by atoms with van der Waals surface area (Å²) in [6.07, 6.45) is 2.17. The number of halogens is 3. The first-order valence-corrected chi connectivity index (χ1v) is 11.4. The molecule has 0 spiro atoms. The van der Waals surface area contributed by atoms with Crippen molar-refractivity contribution in [2.75, 3.05) is 0 Å². The summed E-state index contributed by atoms with van der Waals surface area (Å²) in [7, 11) is -2.52. The lowest BCUT2D eigenvalue weighted by atomic mass is 9.95. The molecule has 0 aliphatic heterocycles. The van der Waals surface area contributed by atoms with Crippen LogP contribution in [0.15, 0.2) is 30.3 Å². The van der Waals surface area contributed by atoms with Gasteiger partial charge in [-0.3, -0.25) is 4.79 Å². The molecule has 0 heterocycles. The minimum Gasteiger partial charge on any atom is -0.289 e. The Kier molecular flexibility index (Phi) is 6.32. The Bertz CT molecular complexity index is 951. The van der Waals surface area contributed by atoms with Crippen LogP contribution in [0.5, 0.6) is 0 Å². The maximum absolute atomic E-state index is 13.5. The van der Waals surface area contributed by atoms with Gasteiger partial charge in [0.2, 0.25) is 10.9 Å². The van der Waals surface area contributed by atoms with Crippen molar-refractivity contribution in [2.24, 2.45) is 0 Å². The van der Waals surface area contributed by atoms with Crippen LogP contribution in [0.2, 0.25) is 15.1 Å². The zero-order valence-electron chi connectivity index (χ0n) is 15.5. The monoisotopic (exact) mass is 455 g/mol. The SMILES string of the molecule is Cc1cccc(C)c1C(=O)[P+](=O)C1(C(=O)c2c(Cl)cc(Cl)cc2Cl)CCCC1. The van der Waals surface area contributed by atoms with Crippen LogP contribution in [-0.2, 0) is 4.57 Å². The zero-order valence-corrected chi connectivity index (χ0v) is 18.7. The predicted octanol–water partition coefficient (Wildman–Crippen LogP) is 7.43. The molecule has 1 atom stereocenters. The van der Waals surface area contributed by atoms with Crippen molar-refractivity contribution in [2.45, 2.75) is 44.7 Å². The Labute approximate surface area is 180 Å². The Hall–Kier alpha value is -1.25. The molecule has 1 fully saturated rings. The molecule has 2 aromatic carbocycles. The Morgan fingerprint density at radius 1 is 0.929 bits per heavy atom. The van der Waals surface area contributed by atoms with Crippen LogP contribution >= 0.6 is 42.6 Å². The van der Waals surface area contributed by atoms with Crippen LogP contribution < -0.4 is 0 Å². The highest BCUT2D eigenvalue weighted by Gasteiger charge is 2.61. The second-order valence-corrected chi connectivity index (χ2v) is 10.3. The van der Waals surface area contributed by atoms with Crippen LogP contribution in [-0.4, -0.2) is 16.5 Å². The smallest absolute Gasteiger partial charge is 0.289 e. The molecule has 0 amide bonds. The molecule has 1 unspecified atom stereocenters. The third-order valence-electron chi connectivity index (χ3n) is 5.36. The fourth-order valence-corrected chi connectivity index (χ4v) is 6.87. The molecule has 0 bridgehead atoms. The molecule has 0 aromatic heterocycles. The molecule has 28 heavy (non-hydrogen) atoms. The third-order valence-corrected chi connectivity index (χ3v) is 8.19. The van der Waals surface area contributed by atoms with Crippen molar-refractivity contribution in [3.63, 3.8) is 0 Å². The fraction of sp³-hybridized carbons (Fsp3) is 0.333. The van der Waals surface area contributed by atoms with Crippen molar-refractivity contribution in [3.05, 3.63) is 67.7 Å². The van der Waals surface area contributed by atoms with E-state index in [4.69, 9.17) is 34.8 Å². The Morgan fingerprint density at radius 3 is 1.93 bits per heavy atom. The average Bonchev–Trinajstić information content (AvgIpc) is 3.10. The van der Waals surface area contributed by atoms with Crippen molar-refractivity contribution < 1.29 is 14.2 Å². The molecular formula is C21H19Cl3O3P+. The molecule has 2 aromatic rings. The van der Waals surface area contributed by atoms with Gasteiger partial charge in [-0.15, -0.1) is 0 Å². The summed E-state index contributed by atoms with van der Waals surface area (Å²) in [5.41, 5.74) is 1.53. The molecule has 0 radical (unpaired) electrons. The molecule has 3 rings (SSSR count). The van der Waals surface area contributed by atoms with Crippen LogP contribution in [0.1, 0.15) is 57.5 Å². The van der Waals surface area contributed by atoms with Gasteiger partial charge in [0.05, 0.1) is 21.2 Å². The van der Waals surface area contributed by atoms with E-state index in [2.05, 4.69) is 0 Å². The number of benzene rings is 2. The van der Waals surface area contributed by atoms with Crippen molar-refractivity contribution in [1.29, 1.82) is 0 Å². The summed E-state index contributed by atoms with van der Waals surface area (Å²) in [6, 6.07) is 8.33. The lowest BCUT2D eigenvalue weighted by molar-refractivity contribution is 0.0931. The van der Waals surface area contributed by atoms with Crippen LogP contribution in [0.25, 0.3) is 0 Å². The predicted molar refractivity (Wildman–Crippen MR) is 115 cm³/mol. The number of carbonyl (C=O) groups excluding carboxylic acids is 2. The molecular weight excluding hydrogens is 438 g/mol. The van der Waals surface area contributed by atoms with Gasteiger partial charge in [-0.25, -0.2) is 4.79 Å². The summed E-state index contributed by atoms with van der Waals surface area (Å²) in [5.74, 6) is -0.433. The highest BCUT2D eigenvalue weighted by Crippen LogP contribution is 2.55. The van der Waals surface area contributed by atoms with Gasteiger partial charge in [0, 0.05) is 17.9 Å². The number of aryl methyl sites for hydroxylation is 2. The minimum atomic E-state index is -2.52. The van der Waals surface area contributed by atoms with E-state index in [1.807, 2.05) is 6.07 Å². The van der Waals surface area contributed by atoms with E-state index in [1.165, 1.54) is 12.1 Å². The maximum atomic E-state index is 13.5. The van der Waals surface area contributed by atoms with E-state index < -0.39 is 24.3 Å². The fourth-order valence-electron chi connectivity index (χ4n) is 3.92. The number of hydrogen-bond acceptors (Lipinski definition) is 3. The van der Waals surface area contributed by atoms with Gasteiger partial charge in [0.1, 0.15) is 0 Å². The number of ketones is 1. The highest BCUT2D eigenvalue weighted by atomic mass is 35.5. The Morgan fingerprint density at radius 2 is 1.43 bits per heavy atom. The molecule has 146 valence electrons. The Balaban J connectivity index is 2.09. The average molecular weight is 457 g/mol. The lowest BCUT2D eigenvalue weighted by Crippen LogP contribution is -2.34. The second-order valence-electron chi connectivity index (χ2n) is 7.18. The molecule has 0 N–H and O–H groups in total. The standard InChI is InChI=1S/C21H19Cl3O3P/c1-12-6-5-7-13(2)17(12)20(26)28(27)21(8-3-4-9-21)19(25)18-15(23)10-14(22)11-16(18)24/h5-7,10-11H,3-4,8-9H2,1-2H3/q+1. The van der Waals surface area contributed by atoms with Crippen LogP contribution in [0.3, 0.4) is 0 Å². The second kappa shape index (κ2) is 8.24. The first-order valence-electron chi connectivity index (χ1n) is 8.96. The van der Waals surface area contributed by atoms with Gasteiger partial charge in [0.25, 0.3) is 0 Å². The van der Waals surface area contributed by atoms with Crippen molar-refractivity contribution in [1.82, 2.24) is 0 Å². The van der Waals surface area contributed by atoms with E-state index in [1.54, 1.807) is 26.0 Å².